The highest BCUT2D eigenvalue weighted by atomic mass is 16.3. The number of rotatable bonds is 2. The first-order valence-electron chi connectivity index (χ1n) is 21.2. The normalized spacial score (nSPS) is 14.8. The van der Waals surface area contributed by atoms with Crippen LogP contribution in [-0.2, 0) is 16.2 Å². The fraction of sp³-hybridized carbons (Fsp3) is 0.200. The largest absolute Gasteiger partial charge is 0.441 e. The Balaban J connectivity index is 1.30. The van der Waals surface area contributed by atoms with Gasteiger partial charge in [0.05, 0.1) is 11.1 Å². The van der Waals surface area contributed by atoms with Crippen molar-refractivity contribution >= 4 is 67.8 Å². The second kappa shape index (κ2) is 11.5. The molecule has 59 heavy (non-hydrogen) atoms. The van der Waals surface area contributed by atoms with Crippen molar-refractivity contribution in [1.82, 2.24) is 4.48 Å². The van der Waals surface area contributed by atoms with Crippen molar-refractivity contribution in [2.45, 2.75) is 71.6 Å². The summed E-state index contributed by atoms with van der Waals surface area (Å²) in [6.07, 6.45) is 0. The lowest BCUT2D eigenvalue weighted by Crippen LogP contribution is -2.57. The van der Waals surface area contributed by atoms with Crippen LogP contribution in [0.4, 0.5) is 17.1 Å². The maximum atomic E-state index is 7.07. The third kappa shape index (κ3) is 4.55. The van der Waals surface area contributed by atoms with Crippen LogP contribution in [0.1, 0.15) is 77.6 Å². The second-order valence-electron chi connectivity index (χ2n) is 19.7. The standard InChI is InChI=1S/C55H47BN2O/c1-53(2,3)33-25-27-43(39(29-33)32-17-10-9-11-18-32)57-44-28-26-42-48(36-19-12-14-23-41(36)55(42,7)8)50(44)56-49-40(30-34(31-45(49)57)54(4,5)6)35-21-16-22-38-47-37-20-13-15-24-46(37)59-52(47)58(56)51(35)38/h9-31H,1-8H3. The lowest BCUT2D eigenvalue weighted by molar-refractivity contribution is 0.590. The Kier molecular flexibility index (Phi) is 6.76. The highest BCUT2D eigenvalue weighted by Gasteiger charge is 2.49. The van der Waals surface area contributed by atoms with E-state index < -0.39 is 0 Å². The van der Waals surface area contributed by atoms with E-state index in [0.717, 1.165) is 11.3 Å². The lowest BCUT2D eigenvalue weighted by Gasteiger charge is -2.43. The molecular weight excluding hydrogens is 715 g/mol. The van der Waals surface area contributed by atoms with Crippen LogP contribution in [0, 0.1) is 0 Å². The van der Waals surface area contributed by atoms with E-state index in [0.29, 0.717) is 0 Å². The molecule has 9 aromatic rings. The number of nitrogens with zero attached hydrogens (tertiary/aromatic N) is 2. The molecule has 12 rings (SSSR count). The molecule has 0 radical (unpaired) electrons. The lowest BCUT2D eigenvalue weighted by atomic mass is 9.43. The smallest absolute Gasteiger partial charge is 0.336 e. The quantitative estimate of drug-likeness (QED) is 0.164. The van der Waals surface area contributed by atoms with Crippen molar-refractivity contribution in [3.8, 4) is 33.4 Å². The van der Waals surface area contributed by atoms with E-state index >= 15 is 0 Å². The SMILES string of the molecule is CC(C)(C)c1ccc(N2c3cc(C(C)(C)C)cc4c3B(c3c2ccc2c3-c3ccccc3C2(C)C)n2c3oc5ccccc5c3c3cccc-4c32)c(-c2ccccc2)c1. The third-order valence-corrected chi connectivity index (χ3v) is 13.9. The molecule has 0 N–H and O–H groups in total. The average Bonchev–Trinajstić information content (AvgIpc) is 3.84. The number of furan rings is 1. The molecule has 0 fully saturated rings. The molecule has 3 nitrogen and oxygen atoms in total. The van der Waals surface area contributed by atoms with Crippen molar-refractivity contribution in [2.24, 2.45) is 0 Å². The van der Waals surface area contributed by atoms with Crippen molar-refractivity contribution in [3.63, 3.8) is 0 Å². The number of para-hydroxylation sites is 2. The van der Waals surface area contributed by atoms with Gasteiger partial charge in [-0.2, -0.15) is 0 Å². The first-order valence-corrected chi connectivity index (χ1v) is 21.2. The van der Waals surface area contributed by atoms with Gasteiger partial charge in [-0.25, -0.2) is 0 Å². The van der Waals surface area contributed by atoms with Crippen LogP contribution in [-0.4, -0.2) is 11.3 Å². The predicted octanol–water partition coefficient (Wildman–Crippen LogP) is 13.5. The summed E-state index contributed by atoms with van der Waals surface area (Å²) in [5.41, 5.74) is 22.3. The summed E-state index contributed by atoms with van der Waals surface area (Å²) < 4.78 is 9.66. The summed E-state index contributed by atoms with van der Waals surface area (Å²) in [5.74, 6) is 0. The van der Waals surface area contributed by atoms with Crippen LogP contribution in [0.25, 0.3) is 66.4 Å². The Bertz CT molecular complexity index is 3280. The molecule has 2 aromatic heterocycles. The van der Waals surface area contributed by atoms with E-state index in [-0.39, 0.29) is 23.1 Å². The third-order valence-electron chi connectivity index (χ3n) is 13.9. The van der Waals surface area contributed by atoms with E-state index in [4.69, 9.17) is 4.42 Å². The zero-order chi connectivity index (χ0) is 40.3. The molecule has 286 valence electrons. The Morgan fingerprint density at radius 2 is 1.20 bits per heavy atom. The molecule has 4 heteroatoms. The van der Waals surface area contributed by atoms with E-state index in [2.05, 4.69) is 204 Å². The zero-order valence-electron chi connectivity index (χ0n) is 35.2. The minimum Gasteiger partial charge on any atom is -0.441 e. The second-order valence-corrected chi connectivity index (χ2v) is 19.7. The van der Waals surface area contributed by atoms with Crippen molar-refractivity contribution in [3.05, 3.63) is 162 Å². The van der Waals surface area contributed by atoms with Crippen molar-refractivity contribution in [1.29, 1.82) is 0 Å². The summed E-state index contributed by atoms with van der Waals surface area (Å²) in [7, 11) is 0. The topological polar surface area (TPSA) is 21.3 Å². The van der Waals surface area contributed by atoms with Crippen LogP contribution in [0.2, 0.25) is 0 Å². The Morgan fingerprint density at radius 1 is 0.525 bits per heavy atom. The molecule has 2 aliphatic heterocycles. The van der Waals surface area contributed by atoms with Crippen LogP contribution in [0.5, 0.6) is 0 Å². The summed E-state index contributed by atoms with van der Waals surface area (Å²) in [5, 5.41) is 3.61. The van der Waals surface area contributed by atoms with Crippen LogP contribution in [0.15, 0.2) is 144 Å². The van der Waals surface area contributed by atoms with Gasteiger partial charge in [-0.3, -0.25) is 0 Å². The molecule has 0 saturated heterocycles. The number of aromatic nitrogens is 1. The van der Waals surface area contributed by atoms with E-state index in [1.807, 2.05) is 0 Å². The van der Waals surface area contributed by atoms with Gasteiger partial charge >= 0.3 is 6.85 Å². The zero-order valence-corrected chi connectivity index (χ0v) is 35.2. The minimum absolute atomic E-state index is 0.0180. The van der Waals surface area contributed by atoms with E-state index in [9.17, 15) is 0 Å². The van der Waals surface area contributed by atoms with Gasteiger partial charge in [-0.1, -0.05) is 165 Å². The fourth-order valence-electron chi connectivity index (χ4n) is 10.9. The molecule has 0 atom stereocenters. The summed E-state index contributed by atoms with van der Waals surface area (Å²) in [6.45, 7) is 18.7. The van der Waals surface area contributed by atoms with Crippen LogP contribution < -0.4 is 15.8 Å². The first kappa shape index (κ1) is 34.8. The molecule has 0 amide bonds. The van der Waals surface area contributed by atoms with E-state index in [1.165, 1.54) is 105 Å². The molecule has 0 bridgehead atoms. The van der Waals surface area contributed by atoms with Gasteiger partial charge in [0.25, 0.3) is 0 Å². The van der Waals surface area contributed by atoms with Gasteiger partial charge in [0.15, 0.2) is 5.71 Å². The Labute approximate surface area is 347 Å². The summed E-state index contributed by atoms with van der Waals surface area (Å²) >= 11 is 0. The van der Waals surface area contributed by atoms with Gasteiger partial charge < -0.3 is 13.8 Å². The van der Waals surface area contributed by atoms with E-state index in [1.54, 1.807) is 0 Å². The Hall–Kier alpha value is -6.26. The molecule has 0 unspecified atom stereocenters. The number of anilines is 3. The molecule has 7 aromatic carbocycles. The van der Waals surface area contributed by atoms with Crippen molar-refractivity contribution < 1.29 is 4.42 Å². The monoisotopic (exact) mass is 762 g/mol. The summed E-state index contributed by atoms with van der Waals surface area (Å²) in [4.78, 5) is 2.63. The number of hydrogen-bond acceptors (Lipinski definition) is 2. The summed E-state index contributed by atoms with van der Waals surface area (Å²) in [6, 6.07) is 52.7. The molecular formula is C55H47BN2O. The molecule has 1 aliphatic carbocycles. The molecule has 0 spiro atoms. The van der Waals surface area contributed by atoms with Crippen LogP contribution in [0.3, 0.4) is 0 Å². The first-order chi connectivity index (χ1) is 28.3. The number of benzene rings is 7. The van der Waals surface area contributed by atoms with Crippen LogP contribution >= 0.6 is 0 Å². The Morgan fingerprint density at radius 3 is 2.00 bits per heavy atom. The average molecular weight is 763 g/mol. The molecule has 0 saturated carbocycles. The maximum Gasteiger partial charge on any atom is 0.336 e. The predicted molar refractivity (Wildman–Crippen MR) is 250 cm³/mol. The number of hydrogen-bond donors (Lipinski definition) is 0. The fourth-order valence-corrected chi connectivity index (χ4v) is 10.9. The van der Waals surface area contributed by atoms with Gasteiger partial charge in [-0.05, 0) is 96.6 Å². The van der Waals surface area contributed by atoms with Gasteiger partial charge in [-0.15, -0.1) is 0 Å². The van der Waals surface area contributed by atoms with Gasteiger partial charge in [0, 0.05) is 44.2 Å². The maximum absolute atomic E-state index is 7.07. The van der Waals surface area contributed by atoms with Gasteiger partial charge in [0.2, 0.25) is 0 Å². The van der Waals surface area contributed by atoms with Crippen molar-refractivity contribution in [2.75, 3.05) is 4.90 Å². The highest BCUT2D eigenvalue weighted by Crippen LogP contribution is 2.54. The van der Waals surface area contributed by atoms with Gasteiger partial charge in [0.1, 0.15) is 5.58 Å². The minimum atomic E-state index is -0.165. The highest BCUT2D eigenvalue weighted by molar-refractivity contribution is 6.91. The number of fused-ring (bicyclic) bond motifs is 13. The molecule has 4 heterocycles. The molecule has 3 aliphatic rings.